The van der Waals surface area contributed by atoms with Gasteiger partial charge in [0.25, 0.3) is 5.78 Å². The minimum atomic E-state index is -0.465. The van der Waals surface area contributed by atoms with Crippen molar-refractivity contribution < 1.29 is 9.53 Å². The number of aromatic nitrogens is 4. The number of rotatable bonds is 6. The van der Waals surface area contributed by atoms with Crippen LogP contribution in [-0.4, -0.2) is 32.2 Å². The van der Waals surface area contributed by atoms with Crippen LogP contribution in [0, 0.1) is 6.92 Å². The number of aryl methyl sites for hydroxylation is 1. The first kappa shape index (κ1) is 17.4. The Hall–Kier alpha value is -2.38. The molecule has 3 aromatic rings. The Morgan fingerprint density at radius 2 is 2.24 bits per heavy atom. The summed E-state index contributed by atoms with van der Waals surface area (Å²) in [5.41, 5.74) is 1.98. The molecule has 8 heteroatoms. The van der Waals surface area contributed by atoms with E-state index >= 15 is 0 Å². The van der Waals surface area contributed by atoms with Gasteiger partial charge in [-0.15, -0.1) is 5.10 Å². The molecule has 6 nitrogen and oxygen atoms in total. The lowest BCUT2D eigenvalue weighted by molar-refractivity contribution is 0.0547. The fraction of sp³-hybridized carbons (Fsp3) is 0.176. The van der Waals surface area contributed by atoms with Gasteiger partial charge in [0.15, 0.2) is 0 Å². The van der Waals surface area contributed by atoms with Crippen molar-refractivity contribution in [3.05, 3.63) is 65.0 Å². The van der Waals surface area contributed by atoms with E-state index in [2.05, 4.69) is 21.6 Å². The lowest BCUT2D eigenvalue weighted by atomic mass is 10.2. The van der Waals surface area contributed by atoms with Gasteiger partial charge in [0.05, 0.1) is 11.3 Å². The van der Waals surface area contributed by atoms with E-state index in [0.717, 1.165) is 5.56 Å². The lowest BCUT2D eigenvalue weighted by Crippen LogP contribution is -2.11. The van der Waals surface area contributed by atoms with E-state index < -0.39 is 5.97 Å². The molecular weight excluding hydrogens is 360 g/mol. The quantitative estimate of drug-likeness (QED) is 0.372. The highest BCUT2D eigenvalue weighted by Gasteiger charge is 2.16. The zero-order valence-electron chi connectivity index (χ0n) is 13.5. The van der Waals surface area contributed by atoms with E-state index in [1.54, 1.807) is 11.4 Å². The van der Waals surface area contributed by atoms with Crippen LogP contribution in [0.4, 0.5) is 0 Å². The van der Waals surface area contributed by atoms with Gasteiger partial charge in [-0.25, -0.2) is 9.78 Å². The number of hydrogen-bond acceptors (Lipinski definition) is 6. The summed E-state index contributed by atoms with van der Waals surface area (Å²) < 4.78 is 6.60. The minimum absolute atomic E-state index is 0.145. The molecule has 2 aromatic heterocycles. The molecule has 128 valence electrons. The predicted octanol–water partition coefficient (Wildman–Crippen LogP) is 3.72. The molecule has 0 spiro atoms. The Kier molecular flexibility index (Phi) is 5.35. The number of esters is 1. The van der Waals surface area contributed by atoms with Crippen LogP contribution < -0.4 is 0 Å². The second-order valence-electron chi connectivity index (χ2n) is 5.13. The Morgan fingerprint density at radius 3 is 3.00 bits per heavy atom. The topological polar surface area (TPSA) is 69.4 Å². The molecule has 0 radical (unpaired) electrons. The highest BCUT2D eigenvalue weighted by Crippen LogP contribution is 2.25. The number of ether oxygens (including phenoxy) is 1. The number of fused-ring (bicyclic) bond motifs is 1. The van der Waals surface area contributed by atoms with Gasteiger partial charge in [-0.1, -0.05) is 54.2 Å². The van der Waals surface area contributed by atoms with Crippen LogP contribution in [0.2, 0.25) is 5.02 Å². The number of benzene rings is 1. The zero-order chi connectivity index (χ0) is 17.8. The Balaban J connectivity index is 1.82. The van der Waals surface area contributed by atoms with Crippen molar-refractivity contribution in [3.63, 3.8) is 0 Å². The standard InChI is InChI=1S/C17H15ClN4O2S/c1-3-8-24-15(23)13-9-19-16-20-17(21-22(16)11(13)2)25-10-12-6-4-5-7-14(12)18/h3-7,9H,1,8,10H2,2H3. The van der Waals surface area contributed by atoms with Gasteiger partial charge in [0.2, 0.25) is 5.16 Å². The normalized spacial score (nSPS) is 10.8. The van der Waals surface area contributed by atoms with Crippen LogP contribution >= 0.6 is 23.4 Å². The Bertz CT molecular complexity index is 942. The van der Waals surface area contributed by atoms with Gasteiger partial charge in [0, 0.05) is 17.0 Å². The number of hydrogen-bond donors (Lipinski definition) is 0. The minimum Gasteiger partial charge on any atom is -0.458 e. The number of thioether (sulfide) groups is 1. The van der Waals surface area contributed by atoms with Crippen LogP contribution in [0.15, 0.2) is 48.3 Å². The fourth-order valence-electron chi connectivity index (χ4n) is 2.16. The van der Waals surface area contributed by atoms with Crippen molar-refractivity contribution in [2.45, 2.75) is 17.8 Å². The summed E-state index contributed by atoms with van der Waals surface area (Å²) in [6.45, 7) is 5.44. The molecule has 1 aromatic carbocycles. The number of nitrogens with zero attached hydrogens (tertiary/aromatic N) is 4. The van der Waals surface area contributed by atoms with Crippen LogP contribution in [0.5, 0.6) is 0 Å². The third kappa shape index (κ3) is 3.83. The van der Waals surface area contributed by atoms with Crippen LogP contribution in [-0.2, 0) is 10.5 Å². The summed E-state index contributed by atoms with van der Waals surface area (Å²) in [5, 5.41) is 5.69. The molecule has 0 amide bonds. The maximum absolute atomic E-state index is 12.0. The highest BCUT2D eigenvalue weighted by molar-refractivity contribution is 7.98. The number of carbonyl (C=O) groups is 1. The summed E-state index contributed by atoms with van der Waals surface area (Å²) in [6.07, 6.45) is 2.96. The summed E-state index contributed by atoms with van der Waals surface area (Å²) in [5.74, 6) is 0.608. The van der Waals surface area contributed by atoms with Gasteiger partial charge < -0.3 is 4.74 Å². The van der Waals surface area contributed by atoms with Crippen LogP contribution in [0.3, 0.4) is 0 Å². The molecule has 0 bridgehead atoms. The van der Waals surface area contributed by atoms with Crippen molar-refractivity contribution in [1.82, 2.24) is 19.6 Å². The van der Waals surface area contributed by atoms with Crippen molar-refractivity contribution in [1.29, 1.82) is 0 Å². The summed E-state index contributed by atoms with van der Waals surface area (Å²) in [4.78, 5) is 20.6. The summed E-state index contributed by atoms with van der Waals surface area (Å²) in [7, 11) is 0. The van der Waals surface area contributed by atoms with Gasteiger partial charge in [0.1, 0.15) is 6.61 Å². The SMILES string of the molecule is C=CCOC(=O)c1cnc2nc(SCc3ccccc3Cl)nn2c1C. The molecule has 0 saturated heterocycles. The monoisotopic (exact) mass is 374 g/mol. The third-order valence-corrected chi connectivity index (χ3v) is 4.71. The smallest absolute Gasteiger partial charge is 0.341 e. The summed E-state index contributed by atoms with van der Waals surface area (Å²) in [6, 6.07) is 7.63. The van der Waals surface area contributed by atoms with E-state index in [9.17, 15) is 4.79 Å². The third-order valence-electron chi connectivity index (χ3n) is 3.45. The molecule has 3 rings (SSSR count). The van der Waals surface area contributed by atoms with E-state index in [1.807, 2.05) is 24.3 Å². The second kappa shape index (κ2) is 7.67. The maximum Gasteiger partial charge on any atom is 0.341 e. The highest BCUT2D eigenvalue weighted by atomic mass is 35.5. The lowest BCUT2D eigenvalue weighted by Gasteiger charge is -2.05. The van der Waals surface area contributed by atoms with Crippen molar-refractivity contribution in [2.75, 3.05) is 6.61 Å². The van der Waals surface area contributed by atoms with Gasteiger partial charge in [-0.2, -0.15) is 9.50 Å². The number of halogens is 1. The van der Waals surface area contributed by atoms with Crippen molar-refractivity contribution >= 4 is 35.1 Å². The van der Waals surface area contributed by atoms with Gasteiger partial charge in [-0.05, 0) is 18.6 Å². The first-order valence-corrected chi connectivity index (χ1v) is 8.83. The Labute approximate surface area is 153 Å². The van der Waals surface area contributed by atoms with E-state index in [4.69, 9.17) is 16.3 Å². The average molecular weight is 375 g/mol. The first-order chi connectivity index (χ1) is 12.1. The van der Waals surface area contributed by atoms with Gasteiger partial charge in [-0.3, -0.25) is 0 Å². The van der Waals surface area contributed by atoms with E-state index in [-0.39, 0.29) is 6.61 Å². The van der Waals surface area contributed by atoms with Crippen LogP contribution in [0.1, 0.15) is 21.6 Å². The van der Waals surface area contributed by atoms with Crippen molar-refractivity contribution in [2.24, 2.45) is 0 Å². The Morgan fingerprint density at radius 1 is 1.44 bits per heavy atom. The average Bonchev–Trinajstić information content (AvgIpc) is 3.03. The molecular formula is C17H15ClN4O2S. The van der Waals surface area contributed by atoms with E-state index in [0.29, 0.717) is 33.0 Å². The number of carbonyl (C=O) groups excluding carboxylic acids is 1. The fourth-order valence-corrected chi connectivity index (χ4v) is 3.26. The molecule has 0 aliphatic rings. The molecule has 0 fully saturated rings. The maximum atomic E-state index is 12.0. The molecule has 0 unspecified atom stereocenters. The summed E-state index contributed by atoms with van der Waals surface area (Å²) >= 11 is 7.61. The second-order valence-corrected chi connectivity index (χ2v) is 6.48. The van der Waals surface area contributed by atoms with Gasteiger partial charge >= 0.3 is 5.97 Å². The zero-order valence-corrected chi connectivity index (χ0v) is 15.0. The largest absolute Gasteiger partial charge is 0.458 e. The molecule has 0 aliphatic carbocycles. The molecule has 0 atom stereocenters. The van der Waals surface area contributed by atoms with Crippen LogP contribution in [0.25, 0.3) is 5.78 Å². The van der Waals surface area contributed by atoms with E-state index in [1.165, 1.54) is 24.0 Å². The molecule has 0 aliphatic heterocycles. The first-order valence-electron chi connectivity index (χ1n) is 7.46. The van der Waals surface area contributed by atoms with Crippen molar-refractivity contribution in [3.8, 4) is 0 Å². The molecule has 0 saturated carbocycles. The molecule has 25 heavy (non-hydrogen) atoms. The molecule has 2 heterocycles. The predicted molar refractivity (Wildman–Crippen MR) is 97.0 cm³/mol. The molecule has 0 N–H and O–H groups in total.